The molecule has 6 heteroatoms. The van der Waals surface area contributed by atoms with Gasteiger partial charge in [0.2, 0.25) is 0 Å². The Kier molecular flexibility index (Phi) is 3.80. The van der Waals surface area contributed by atoms with Gasteiger partial charge in [-0.2, -0.15) is 0 Å². The molecule has 0 unspecified atom stereocenters. The van der Waals surface area contributed by atoms with Crippen molar-refractivity contribution in [1.82, 2.24) is 0 Å². The fraction of sp³-hybridized carbons (Fsp3) is 0.286. The lowest BCUT2D eigenvalue weighted by atomic mass is 10.6. The van der Waals surface area contributed by atoms with E-state index in [1.807, 2.05) is 0 Å². The summed E-state index contributed by atoms with van der Waals surface area (Å²) in [5.74, 6) is 0.0807. The molecule has 1 aromatic rings. The van der Waals surface area contributed by atoms with E-state index >= 15 is 0 Å². The summed E-state index contributed by atoms with van der Waals surface area (Å²) in [6.45, 7) is 1.96. The molecule has 0 bridgehead atoms. The highest BCUT2D eigenvalue weighted by Gasteiger charge is 2.11. The molecule has 0 fully saturated rings. The van der Waals surface area contributed by atoms with Gasteiger partial charge >= 0.3 is 6.16 Å². The van der Waals surface area contributed by atoms with E-state index in [1.165, 1.54) is 6.07 Å². The standard InChI is InChI=1S/C7H6Br2O4/c1-2-11-7(10)13-5-3-4(8)6(9)12-5/h3H,2H2,1H3. The molecule has 0 aromatic carbocycles. The Labute approximate surface area is 91.4 Å². The monoisotopic (exact) mass is 312 g/mol. The molecule has 4 nitrogen and oxygen atoms in total. The first kappa shape index (κ1) is 10.6. The molecular formula is C7H6Br2O4. The summed E-state index contributed by atoms with van der Waals surface area (Å²) in [7, 11) is 0. The van der Waals surface area contributed by atoms with Gasteiger partial charge in [0.15, 0.2) is 4.67 Å². The van der Waals surface area contributed by atoms with Crippen LogP contribution in [0.25, 0.3) is 0 Å². The molecule has 0 atom stereocenters. The minimum atomic E-state index is -0.781. The summed E-state index contributed by atoms with van der Waals surface area (Å²) in [4.78, 5) is 10.8. The fourth-order valence-electron chi connectivity index (χ4n) is 0.606. The number of furan rings is 1. The molecule has 0 radical (unpaired) electrons. The van der Waals surface area contributed by atoms with Crippen molar-refractivity contribution in [2.24, 2.45) is 0 Å². The molecule has 0 spiro atoms. The van der Waals surface area contributed by atoms with Gasteiger partial charge < -0.3 is 13.9 Å². The van der Waals surface area contributed by atoms with Crippen LogP contribution in [0.15, 0.2) is 19.6 Å². The first-order valence-electron chi connectivity index (χ1n) is 3.43. The highest BCUT2D eigenvalue weighted by molar-refractivity contribution is 9.13. The first-order valence-corrected chi connectivity index (χ1v) is 5.01. The van der Waals surface area contributed by atoms with E-state index in [-0.39, 0.29) is 12.6 Å². The van der Waals surface area contributed by atoms with Crippen molar-refractivity contribution in [2.45, 2.75) is 6.92 Å². The second-order valence-corrected chi connectivity index (χ2v) is 3.55. The van der Waals surface area contributed by atoms with Gasteiger partial charge in [0.25, 0.3) is 5.95 Å². The highest BCUT2D eigenvalue weighted by atomic mass is 79.9. The van der Waals surface area contributed by atoms with Crippen LogP contribution < -0.4 is 4.74 Å². The maximum atomic E-state index is 10.8. The van der Waals surface area contributed by atoms with Crippen LogP contribution in [0.3, 0.4) is 0 Å². The smallest absolute Gasteiger partial charge is 0.434 e. The Balaban J connectivity index is 2.59. The molecule has 1 heterocycles. The molecule has 0 N–H and O–H groups in total. The van der Waals surface area contributed by atoms with E-state index in [9.17, 15) is 4.79 Å². The average Bonchev–Trinajstić information content (AvgIpc) is 2.31. The number of rotatable bonds is 2. The molecule has 13 heavy (non-hydrogen) atoms. The number of hydrogen-bond acceptors (Lipinski definition) is 4. The second kappa shape index (κ2) is 4.66. The van der Waals surface area contributed by atoms with E-state index < -0.39 is 6.16 Å². The molecule has 0 saturated carbocycles. The predicted octanol–water partition coefficient (Wildman–Crippen LogP) is 3.34. The first-order chi connectivity index (χ1) is 6.13. The number of hydrogen-bond donors (Lipinski definition) is 0. The van der Waals surface area contributed by atoms with Crippen LogP contribution in [0.4, 0.5) is 4.79 Å². The van der Waals surface area contributed by atoms with E-state index in [0.29, 0.717) is 9.14 Å². The van der Waals surface area contributed by atoms with Crippen LogP contribution in [0.5, 0.6) is 5.95 Å². The summed E-state index contributed by atoms with van der Waals surface area (Å²) >= 11 is 6.27. The van der Waals surface area contributed by atoms with Crippen LogP contribution in [0.2, 0.25) is 0 Å². The van der Waals surface area contributed by atoms with Crippen molar-refractivity contribution in [1.29, 1.82) is 0 Å². The van der Waals surface area contributed by atoms with Crippen LogP contribution in [-0.4, -0.2) is 12.8 Å². The third kappa shape index (κ3) is 3.04. The van der Waals surface area contributed by atoms with E-state index in [0.717, 1.165) is 0 Å². The molecule has 1 rings (SSSR count). The quantitative estimate of drug-likeness (QED) is 0.786. The van der Waals surface area contributed by atoms with Crippen molar-refractivity contribution >= 4 is 38.0 Å². The van der Waals surface area contributed by atoms with Gasteiger partial charge in [-0.15, -0.1) is 0 Å². The minimum absolute atomic E-state index is 0.0807. The van der Waals surface area contributed by atoms with E-state index in [1.54, 1.807) is 6.92 Å². The maximum absolute atomic E-state index is 10.8. The van der Waals surface area contributed by atoms with Gasteiger partial charge in [-0.1, -0.05) is 0 Å². The lowest BCUT2D eigenvalue weighted by molar-refractivity contribution is 0.0945. The van der Waals surface area contributed by atoms with Crippen LogP contribution in [-0.2, 0) is 4.74 Å². The third-order valence-corrected chi connectivity index (χ3v) is 2.78. The van der Waals surface area contributed by atoms with Gasteiger partial charge in [-0.3, -0.25) is 0 Å². The van der Waals surface area contributed by atoms with Gasteiger partial charge in [0, 0.05) is 6.07 Å². The number of halogens is 2. The molecule has 0 aliphatic heterocycles. The van der Waals surface area contributed by atoms with Gasteiger partial charge in [-0.25, -0.2) is 4.79 Å². The average molecular weight is 314 g/mol. The predicted molar refractivity (Wildman–Crippen MR) is 51.8 cm³/mol. The third-order valence-electron chi connectivity index (χ3n) is 1.07. The van der Waals surface area contributed by atoms with E-state index in [4.69, 9.17) is 4.42 Å². The molecule has 0 aliphatic rings. The lowest BCUT2D eigenvalue weighted by Gasteiger charge is -1.98. The zero-order valence-corrected chi connectivity index (χ0v) is 9.85. The summed E-state index contributed by atoms with van der Waals surface area (Å²) in [5, 5.41) is 0. The van der Waals surface area contributed by atoms with Crippen LogP contribution in [0, 0.1) is 0 Å². The topological polar surface area (TPSA) is 48.7 Å². The molecule has 0 saturated heterocycles. The molecule has 72 valence electrons. The summed E-state index contributed by atoms with van der Waals surface area (Å²) < 4.78 is 15.3. The number of carbonyl (C=O) groups is 1. The summed E-state index contributed by atoms with van der Waals surface area (Å²) in [6, 6.07) is 1.51. The zero-order chi connectivity index (χ0) is 9.84. The zero-order valence-electron chi connectivity index (χ0n) is 6.67. The summed E-state index contributed by atoms with van der Waals surface area (Å²) in [5.41, 5.74) is 0. The van der Waals surface area contributed by atoms with Crippen molar-refractivity contribution < 1.29 is 18.7 Å². The lowest BCUT2D eigenvalue weighted by Crippen LogP contribution is -2.09. The van der Waals surface area contributed by atoms with Crippen LogP contribution >= 0.6 is 31.9 Å². The van der Waals surface area contributed by atoms with Crippen molar-refractivity contribution in [2.75, 3.05) is 6.61 Å². The van der Waals surface area contributed by atoms with E-state index in [2.05, 4.69) is 41.3 Å². The minimum Gasteiger partial charge on any atom is -0.434 e. The van der Waals surface area contributed by atoms with Gasteiger partial charge in [0.1, 0.15) is 0 Å². The van der Waals surface area contributed by atoms with Crippen molar-refractivity contribution in [3.63, 3.8) is 0 Å². The summed E-state index contributed by atoms with van der Waals surface area (Å²) in [6.07, 6.45) is -0.781. The number of ether oxygens (including phenoxy) is 2. The van der Waals surface area contributed by atoms with Gasteiger partial charge in [-0.05, 0) is 38.8 Å². The van der Waals surface area contributed by atoms with Crippen LogP contribution in [0.1, 0.15) is 6.92 Å². The molecule has 0 aliphatic carbocycles. The molecule has 1 aromatic heterocycles. The van der Waals surface area contributed by atoms with Gasteiger partial charge in [0.05, 0.1) is 11.1 Å². The fourth-order valence-corrected chi connectivity index (χ4v) is 1.15. The Morgan fingerprint density at radius 1 is 1.62 bits per heavy atom. The largest absolute Gasteiger partial charge is 0.516 e. The number of carbonyl (C=O) groups excluding carboxylic acids is 1. The maximum Gasteiger partial charge on any atom is 0.516 e. The highest BCUT2D eigenvalue weighted by Crippen LogP contribution is 2.31. The van der Waals surface area contributed by atoms with Crippen molar-refractivity contribution in [3.8, 4) is 5.95 Å². The Hall–Kier alpha value is -0.490. The molecule has 0 amide bonds. The Morgan fingerprint density at radius 3 is 2.77 bits per heavy atom. The second-order valence-electron chi connectivity index (χ2n) is 1.97. The van der Waals surface area contributed by atoms with Crippen molar-refractivity contribution in [3.05, 3.63) is 15.2 Å². The Bertz CT molecular complexity index is 288. The Morgan fingerprint density at radius 2 is 2.31 bits per heavy atom. The SMILES string of the molecule is CCOC(=O)Oc1cc(Br)c(Br)o1. The normalized spacial score (nSPS) is 9.77. The molecular weight excluding hydrogens is 308 g/mol.